The molecule has 1 heterocycles. The van der Waals surface area contributed by atoms with Crippen LogP contribution in [0.4, 0.5) is 5.69 Å². The first kappa shape index (κ1) is 12.1. The van der Waals surface area contributed by atoms with Crippen LogP contribution in [0.1, 0.15) is 21.8 Å². The molecule has 0 saturated heterocycles. The maximum atomic E-state index is 8.92. The molecule has 0 radical (unpaired) electrons. The molecule has 0 bridgehead atoms. The molecule has 18 heavy (non-hydrogen) atoms. The summed E-state index contributed by atoms with van der Waals surface area (Å²) in [7, 11) is 0. The smallest absolute Gasteiger partial charge is 0.101 e. The van der Waals surface area contributed by atoms with Gasteiger partial charge in [-0.1, -0.05) is 0 Å². The van der Waals surface area contributed by atoms with Crippen LogP contribution in [0.25, 0.3) is 0 Å². The van der Waals surface area contributed by atoms with Crippen LogP contribution in [0.2, 0.25) is 0 Å². The number of hydrogen-bond donors (Lipinski definition) is 1. The molecule has 0 fully saturated rings. The van der Waals surface area contributed by atoms with Crippen molar-refractivity contribution in [3.8, 4) is 12.1 Å². The van der Waals surface area contributed by atoms with E-state index in [4.69, 9.17) is 10.5 Å². The highest BCUT2D eigenvalue weighted by Crippen LogP contribution is 2.16. The zero-order valence-electron chi connectivity index (χ0n) is 9.77. The summed E-state index contributed by atoms with van der Waals surface area (Å²) in [6.07, 6.45) is 0. The van der Waals surface area contributed by atoms with Gasteiger partial charge in [-0.25, -0.2) is 4.98 Å². The summed E-state index contributed by atoms with van der Waals surface area (Å²) in [5, 5.41) is 24.0. The number of aromatic nitrogens is 1. The summed E-state index contributed by atoms with van der Waals surface area (Å²) in [5.41, 5.74) is 2.57. The Morgan fingerprint density at radius 3 is 2.67 bits per heavy atom. The lowest BCUT2D eigenvalue weighted by molar-refractivity contribution is 1.05. The SMILES string of the molecule is Cc1nc(CNc2ccc(C#N)c(C#N)c2)cs1. The third-order valence-corrected chi connectivity index (χ3v) is 3.22. The fraction of sp³-hybridized carbons (Fsp3) is 0.154. The van der Waals surface area contributed by atoms with E-state index in [0.29, 0.717) is 17.7 Å². The van der Waals surface area contributed by atoms with Crippen molar-refractivity contribution in [2.45, 2.75) is 13.5 Å². The molecule has 1 aromatic heterocycles. The largest absolute Gasteiger partial charge is 0.379 e. The molecule has 88 valence electrons. The van der Waals surface area contributed by atoms with E-state index in [1.165, 1.54) is 0 Å². The molecule has 0 unspecified atom stereocenters. The van der Waals surface area contributed by atoms with E-state index in [1.807, 2.05) is 24.4 Å². The molecule has 5 heteroatoms. The van der Waals surface area contributed by atoms with Gasteiger partial charge >= 0.3 is 0 Å². The maximum absolute atomic E-state index is 8.92. The van der Waals surface area contributed by atoms with Gasteiger partial charge in [0.2, 0.25) is 0 Å². The average molecular weight is 254 g/mol. The lowest BCUT2D eigenvalue weighted by Crippen LogP contribution is -2.00. The maximum Gasteiger partial charge on any atom is 0.101 e. The molecule has 0 aliphatic carbocycles. The lowest BCUT2D eigenvalue weighted by Gasteiger charge is -2.05. The van der Waals surface area contributed by atoms with Gasteiger partial charge in [-0.3, -0.25) is 0 Å². The average Bonchev–Trinajstić information content (AvgIpc) is 2.81. The van der Waals surface area contributed by atoms with Crippen LogP contribution in [-0.2, 0) is 6.54 Å². The summed E-state index contributed by atoms with van der Waals surface area (Å²) in [6.45, 7) is 2.57. The van der Waals surface area contributed by atoms with E-state index in [0.717, 1.165) is 16.4 Å². The van der Waals surface area contributed by atoms with Gasteiger partial charge in [0.1, 0.15) is 12.1 Å². The summed E-state index contributed by atoms with van der Waals surface area (Å²) in [4.78, 5) is 4.34. The molecule has 0 spiro atoms. The summed E-state index contributed by atoms with van der Waals surface area (Å²) >= 11 is 1.61. The highest BCUT2D eigenvalue weighted by Gasteiger charge is 2.03. The van der Waals surface area contributed by atoms with Crippen LogP contribution in [0.5, 0.6) is 0 Å². The van der Waals surface area contributed by atoms with E-state index in [2.05, 4.69) is 10.3 Å². The van der Waals surface area contributed by atoms with Gasteiger partial charge < -0.3 is 5.32 Å². The number of nitriles is 2. The van der Waals surface area contributed by atoms with Crippen LogP contribution in [0.15, 0.2) is 23.6 Å². The van der Waals surface area contributed by atoms with Crippen LogP contribution in [0.3, 0.4) is 0 Å². The van der Waals surface area contributed by atoms with Crippen molar-refractivity contribution >= 4 is 17.0 Å². The predicted octanol–water partition coefficient (Wildman–Crippen LogP) is 2.81. The zero-order valence-corrected chi connectivity index (χ0v) is 10.6. The Balaban J connectivity index is 2.11. The van der Waals surface area contributed by atoms with Crippen molar-refractivity contribution in [3.63, 3.8) is 0 Å². The van der Waals surface area contributed by atoms with Crippen LogP contribution in [0, 0.1) is 29.6 Å². The predicted molar refractivity (Wildman–Crippen MR) is 70.0 cm³/mol. The first-order chi connectivity index (χ1) is 8.72. The van der Waals surface area contributed by atoms with Crippen LogP contribution >= 0.6 is 11.3 Å². The molecule has 0 atom stereocenters. The number of nitrogens with one attached hydrogen (secondary N) is 1. The van der Waals surface area contributed by atoms with Crippen LogP contribution in [-0.4, -0.2) is 4.98 Å². The van der Waals surface area contributed by atoms with Crippen molar-refractivity contribution in [2.24, 2.45) is 0 Å². The highest BCUT2D eigenvalue weighted by molar-refractivity contribution is 7.09. The van der Waals surface area contributed by atoms with E-state index in [1.54, 1.807) is 29.5 Å². The second-order valence-electron chi connectivity index (χ2n) is 3.70. The minimum absolute atomic E-state index is 0.386. The Bertz CT molecular complexity index is 646. The second kappa shape index (κ2) is 5.31. The van der Waals surface area contributed by atoms with Gasteiger partial charge in [-0.05, 0) is 25.1 Å². The third-order valence-electron chi connectivity index (χ3n) is 2.40. The number of nitrogens with zero attached hydrogens (tertiary/aromatic N) is 3. The second-order valence-corrected chi connectivity index (χ2v) is 4.76. The Kier molecular flexibility index (Phi) is 3.57. The molecule has 1 aromatic carbocycles. The van der Waals surface area contributed by atoms with E-state index < -0.39 is 0 Å². The van der Waals surface area contributed by atoms with Gasteiger partial charge in [0.25, 0.3) is 0 Å². The molecule has 0 saturated carbocycles. The molecular weight excluding hydrogens is 244 g/mol. The minimum Gasteiger partial charge on any atom is -0.379 e. The van der Waals surface area contributed by atoms with E-state index in [-0.39, 0.29) is 0 Å². The fourth-order valence-electron chi connectivity index (χ4n) is 1.53. The molecule has 0 aliphatic rings. The Labute approximate surface area is 109 Å². The Morgan fingerprint density at radius 1 is 1.28 bits per heavy atom. The van der Waals surface area contributed by atoms with Crippen molar-refractivity contribution in [2.75, 3.05) is 5.32 Å². The van der Waals surface area contributed by atoms with Crippen molar-refractivity contribution < 1.29 is 0 Å². The van der Waals surface area contributed by atoms with Gasteiger partial charge in [-0.2, -0.15) is 10.5 Å². The van der Waals surface area contributed by atoms with Crippen molar-refractivity contribution in [3.05, 3.63) is 45.4 Å². The molecule has 4 nitrogen and oxygen atoms in total. The zero-order chi connectivity index (χ0) is 13.0. The molecule has 1 N–H and O–H groups in total. The van der Waals surface area contributed by atoms with Gasteiger partial charge in [0, 0.05) is 11.1 Å². The van der Waals surface area contributed by atoms with Crippen LogP contribution < -0.4 is 5.32 Å². The molecule has 0 aliphatic heterocycles. The fourth-order valence-corrected chi connectivity index (χ4v) is 2.14. The quantitative estimate of drug-likeness (QED) is 0.914. The van der Waals surface area contributed by atoms with Crippen molar-refractivity contribution in [1.29, 1.82) is 10.5 Å². The summed E-state index contributed by atoms with van der Waals surface area (Å²) in [5.74, 6) is 0. The molecule has 2 aromatic rings. The molecule has 0 amide bonds. The number of aryl methyl sites for hydroxylation is 1. The molecular formula is C13H10N4S. The minimum atomic E-state index is 0.386. The Morgan fingerprint density at radius 2 is 2.06 bits per heavy atom. The molecule has 2 rings (SSSR count). The monoisotopic (exact) mass is 254 g/mol. The van der Waals surface area contributed by atoms with E-state index in [9.17, 15) is 0 Å². The van der Waals surface area contributed by atoms with E-state index >= 15 is 0 Å². The number of benzene rings is 1. The normalized spacial score (nSPS) is 9.50. The number of rotatable bonds is 3. The first-order valence-electron chi connectivity index (χ1n) is 5.32. The number of anilines is 1. The highest BCUT2D eigenvalue weighted by atomic mass is 32.1. The topological polar surface area (TPSA) is 72.5 Å². The van der Waals surface area contributed by atoms with Gasteiger partial charge in [0.05, 0.1) is 28.4 Å². The van der Waals surface area contributed by atoms with Crippen molar-refractivity contribution in [1.82, 2.24) is 4.98 Å². The third kappa shape index (κ3) is 2.65. The number of hydrogen-bond acceptors (Lipinski definition) is 5. The standard InChI is InChI=1S/C13H10N4S/c1-9-17-13(8-18-9)7-16-12-3-2-10(5-14)11(4-12)6-15/h2-4,8,16H,7H2,1H3. The van der Waals surface area contributed by atoms with Gasteiger partial charge in [-0.15, -0.1) is 11.3 Å². The number of thiazole rings is 1. The first-order valence-corrected chi connectivity index (χ1v) is 6.20. The van der Waals surface area contributed by atoms with Gasteiger partial charge in [0.15, 0.2) is 0 Å². The summed E-state index contributed by atoms with van der Waals surface area (Å²) in [6, 6.07) is 9.12. The Hall–Kier alpha value is -2.37. The summed E-state index contributed by atoms with van der Waals surface area (Å²) < 4.78 is 0. The lowest BCUT2D eigenvalue weighted by atomic mass is 10.1.